The predicted molar refractivity (Wildman–Crippen MR) is 115 cm³/mol. The van der Waals surface area contributed by atoms with Gasteiger partial charge in [-0.15, -0.1) is 0 Å². The molecule has 0 aliphatic rings. The molecule has 0 fully saturated rings. The van der Waals surface area contributed by atoms with Crippen LogP contribution in [0.5, 0.6) is 5.75 Å². The van der Waals surface area contributed by atoms with Crippen molar-refractivity contribution in [2.45, 2.75) is 6.61 Å². The molecule has 0 bridgehead atoms. The van der Waals surface area contributed by atoms with E-state index in [0.717, 1.165) is 11.3 Å². The van der Waals surface area contributed by atoms with Gasteiger partial charge < -0.3 is 9.15 Å². The van der Waals surface area contributed by atoms with Crippen molar-refractivity contribution in [1.82, 2.24) is 5.43 Å². The number of nitrogens with one attached hydrogen (secondary N) is 1. The molecule has 4 rings (SSSR count). The van der Waals surface area contributed by atoms with Gasteiger partial charge in [0.15, 0.2) is 0 Å². The van der Waals surface area contributed by atoms with Crippen molar-refractivity contribution >= 4 is 23.1 Å². The minimum Gasteiger partial charge on any atom is -0.489 e. The van der Waals surface area contributed by atoms with Crippen molar-refractivity contribution in [1.29, 1.82) is 0 Å². The Balaban J connectivity index is 1.37. The smallest absolute Gasteiger partial charge is 0.271 e. The molecule has 0 aliphatic heterocycles. The summed E-state index contributed by atoms with van der Waals surface area (Å²) in [6.45, 7) is 0.405. The van der Waals surface area contributed by atoms with Gasteiger partial charge in [-0.05, 0) is 42.0 Å². The Hall–Kier alpha value is -4.19. The Bertz CT molecular complexity index is 1250. The SMILES string of the molecule is O=C(N/N=C/c1coc2ccccc2c1=O)c1ccc(COc2ccccc2)cc1. The van der Waals surface area contributed by atoms with E-state index in [1.807, 2.05) is 42.5 Å². The largest absolute Gasteiger partial charge is 0.489 e. The fraction of sp³-hybridized carbons (Fsp3) is 0.0417. The van der Waals surface area contributed by atoms with Crippen LogP contribution in [0.1, 0.15) is 21.5 Å². The normalized spacial score (nSPS) is 10.9. The Morgan fingerprint density at radius 1 is 0.967 bits per heavy atom. The van der Waals surface area contributed by atoms with Crippen LogP contribution in [-0.2, 0) is 6.61 Å². The third-order valence-corrected chi connectivity index (χ3v) is 4.44. The minimum absolute atomic E-state index is 0.211. The number of amides is 1. The van der Waals surface area contributed by atoms with Crippen LogP contribution in [0.3, 0.4) is 0 Å². The second-order valence-corrected chi connectivity index (χ2v) is 6.51. The van der Waals surface area contributed by atoms with Crippen LogP contribution < -0.4 is 15.6 Å². The first-order valence-corrected chi connectivity index (χ1v) is 9.31. The van der Waals surface area contributed by atoms with Crippen LogP contribution in [0.4, 0.5) is 0 Å². The van der Waals surface area contributed by atoms with Crippen molar-refractivity contribution in [3.63, 3.8) is 0 Å². The predicted octanol–water partition coefficient (Wildman–Crippen LogP) is 4.14. The summed E-state index contributed by atoms with van der Waals surface area (Å²) in [5, 5.41) is 4.33. The van der Waals surface area contributed by atoms with Gasteiger partial charge in [0.25, 0.3) is 5.91 Å². The molecule has 148 valence electrons. The van der Waals surface area contributed by atoms with Gasteiger partial charge in [0.1, 0.15) is 24.2 Å². The number of rotatable bonds is 6. The number of ether oxygens (including phenoxy) is 1. The summed E-state index contributed by atoms with van der Waals surface area (Å²) in [6, 6.07) is 23.5. The lowest BCUT2D eigenvalue weighted by Crippen LogP contribution is -2.18. The molecule has 1 N–H and O–H groups in total. The second kappa shape index (κ2) is 8.87. The molecule has 1 amide bonds. The molecule has 6 nitrogen and oxygen atoms in total. The van der Waals surface area contributed by atoms with E-state index in [0.29, 0.717) is 23.1 Å². The number of hydrogen-bond donors (Lipinski definition) is 1. The Morgan fingerprint density at radius 2 is 1.70 bits per heavy atom. The van der Waals surface area contributed by atoms with Crippen molar-refractivity contribution in [3.8, 4) is 5.75 Å². The summed E-state index contributed by atoms with van der Waals surface area (Å²) in [5.74, 6) is 0.402. The van der Waals surface area contributed by atoms with E-state index >= 15 is 0 Å². The van der Waals surface area contributed by atoms with Crippen molar-refractivity contribution < 1.29 is 13.9 Å². The van der Waals surface area contributed by atoms with E-state index in [9.17, 15) is 9.59 Å². The number of carbonyl (C=O) groups is 1. The van der Waals surface area contributed by atoms with Crippen molar-refractivity contribution in [3.05, 3.63) is 112 Å². The van der Waals surface area contributed by atoms with E-state index in [1.54, 1.807) is 36.4 Å². The van der Waals surface area contributed by atoms with E-state index in [-0.39, 0.29) is 16.9 Å². The number of benzene rings is 3. The van der Waals surface area contributed by atoms with Crippen LogP contribution in [0.2, 0.25) is 0 Å². The topological polar surface area (TPSA) is 80.9 Å². The average molecular weight is 398 g/mol. The molecular formula is C24H18N2O4. The third-order valence-electron chi connectivity index (χ3n) is 4.44. The number of nitrogens with zero attached hydrogens (tertiary/aromatic N) is 1. The van der Waals surface area contributed by atoms with E-state index < -0.39 is 0 Å². The maximum absolute atomic E-state index is 12.4. The molecular weight excluding hydrogens is 380 g/mol. The maximum atomic E-state index is 12.4. The zero-order chi connectivity index (χ0) is 20.8. The molecule has 0 aliphatic carbocycles. The van der Waals surface area contributed by atoms with Gasteiger partial charge in [-0.3, -0.25) is 9.59 Å². The van der Waals surface area contributed by atoms with Crippen LogP contribution in [0, 0.1) is 0 Å². The highest BCUT2D eigenvalue weighted by Gasteiger charge is 2.06. The molecule has 30 heavy (non-hydrogen) atoms. The van der Waals surface area contributed by atoms with Crippen LogP contribution in [0.15, 0.2) is 99.4 Å². The molecule has 0 spiro atoms. The molecule has 0 unspecified atom stereocenters. The standard InChI is InChI=1S/C24H18N2O4/c27-23-19(16-30-22-9-5-4-8-21(22)23)14-25-26-24(28)18-12-10-17(11-13-18)15-29-20-6-2-1-3-7-20/h1-14,16H,15H2,(H,26,28)/b25-14+. The van der Waals surface area contributed by atoms with Gasteiger partial charge in [0.05, 0.1) is 17.2 Å². The van der Waals surface area contributed by atoms with E-state index in [2.05, 4.69) is 10.5 Å². The molecule has 0 atom stereocenters. The molecule has 0 saturated heterocycles. The highest BCUT2D eigenvalue weighted by atomic mass is 16.5. The monoisotopic (exact) mass is 398 g/mol. The highest BCUT2D eigenvalue weighted by Crippen LogP contribution is 2.12. The summed E-state index contributed by atoms with van der Waals surface area (Å²) >= 11 is 0. The molecule has 1 heterocycles. The molecule has 4 aromatic rings. The molecule has 0 saturated carbocycles. The van der Waals surface area contributed by atoms with Gasteiger partial charge in [0, 0.05) is 5.56 Å². The third kappa shape index (κ3) is 4.44. The van der Waals surface area contributed by atoms with Gasteiger partial charge in [-0.1, -0.05) is 42.5 Å². The van der Waals surface area contributed by atoms with Crippen molar-refractivity contribution in [2.75, 3.05) is 0 Å². The summed E-state index contributed by atoms with van der Waals surface area (Å²) in [6.07, 6.45) is 2.60. The average Bonchev–Trinajstić information content (AvgIpc) is 2.80. The summed E-state index contributed by atoms with van der Waals surface area (Å²) in [5.41, 5.74) is 4.34. The zero-order valence-electron chi connectivity index (χ0n) is 15.9. The van der Waals surface area contributed by atoms with Crippen molar-refractivity contribution in [2.24, 2.45) is 5.10 Å². The van der Waals surface area contributed by atoms with Gasteiger partial charge in [0.2, 0.25) is 5.43 Å². The number of hydrazone groups is 1. The van der Waals surface area contributed by atoms with Gasteiger partial charge >= 0.3 is 0 Å². The molecule has 3 aromatic carbocycles. The second-order valence-electron chi connectivity index (χ2n) is 6.51. The first kappa shape index (κ1) is 19.1. The Morgan fingerprint density at radius 3 is 2.50 bits per heavy atom. The number of carbonyl (C=O) groups excluding carboxylic acids is 1. The zero-order valence-corrected chi connectivity index (χ0v) is 15.9. The first-order chi connectivity index (χ1) is 14.7. The highest BCUT2D eigenvalue weighted by molar-refractivity contribution is 5.95. The quantitative estimate of drug-likeness (QED) is 0.391. The fourth-order valence-electron chi connectivity index (χ4n) is 2.84. The van der Waals surface area contributed by atoms with E-state index in [4.69, 9.17) is 9.15 Å². The Kier molecular flexibility index (Phi) is 5.66. The number of fused-ring (bicyclic) bond motifs is 1. The van der Waals surface area contributed by atoms with Gasteiger partial charge in [-0.2, -0.15) is 5.10 Å². The summed E-state index contributed by atoms with van der Waals surface area (Å²) in [7, 11) is 0. The van der Waals surface area contributed by atoms with E-state index in [1.165, 1.54) is 12.5 Å². The lowest BCUT2D eigenvalue weighted by atomic mass is 10.1. The van der Waals surface area contributed by atoms with Gasteiger partial charge in [-0.25, -0.2) is 5.43 Å². The maximum Gasteiger partial charge on any atom is 0.271 e. The van der Waals surface area contributed by atoms with Crippen LogP contribution in [-0.4, -0.2) is 12.1 Å². The summed E-state index contributed by atoms with van der Waals surface area (Å²) < 4.78 is 11.1. The van der Waals surface area contributed by atoms with Crippen LogP contribution in [0.25, 0.3) is 11.0 Å². The summed E-state index contributed by atoms with van der Waals surface area (Å²) in [4.78, 5) is 24.7. The lowest BCUT2D eigenvalue weighted by molar-refractivity contribution is 0.0955. The molecule has 6 heteroatoms. The number of para-hydroxylation sites is 2. The van der Waals surface area contributed by atoms with Crippen LogP contribution >= 0.6 is 0 Å². The molecule has 0 radical (unpaired) electrons. The minimum atomic E-state index is -0.382. The molecule has 1 aromatic heterocycles. The fourth-order valence-corrected chi connectivity index (χ4v) is 2.84. The lowest BCUT2D eigenvalue weighted by Gasteiger charge is -2.06. The number of hydrogen-bond acceptors (Lipinski definition) is 5. The Labute approximate surface area is 172 Å². The first-order valence-electron chi connectivity index (χ1n) is 9.31.